The maximum absolute atomic E-state index is 12.6. The van der Waals surface area contributed by atoms with E-state index in [4.69, 9.17) is 11.6 Å². The maximum atomic E-state index is 12.6. The zero-order chi connectivity index (χ0) is 17.1. The lowest BCUT2D eigenvalue weighted by Crippen LogP contribution is -2.13. The Morgan fingerprint density at radius 1 is 1.04 bits per heavy atom. The number of anilines is 2. The van der Waals surface area contributed by atoms with Gasteiger partial charge < -0.3 is 10.6 Å². The van der Waals surface area contributed by atoms with E-state index in [1.807, 2.05) is 24.3 Å². The Labute approximate surface area is 143 Å². The van der Waals surface area contributed by atoms with Crippen molar-refractivity contribution in [1.29, 1.82) is 0 Å². The van der Waals surface area contributed by atoms with Gasteiger partial charge in [-0.15, -0.1) is 0 Å². The second kappa shape index (κ2) is 6.68. The Hall–Kier alpha value is -2.92. The third-order valence-corrected chi connectivity index (χ3v) is 3.78. The zero-order valence-corrected chi connectivity index (χ0v) is 13.6. The highest BCUT2D eigenvalue weighted by Gasteiger charge is 2.12. The first-order chi connectivity index (χ1) is 11.5. The zero-order valence-electron chi connectivity index (χ0n) is 12.8. The van der Waals surface area contributed by atoms with Crippen molar-refractivity contribution in [3.05, 3.63) is 65.4 Å². The molecule has 1 aromatic heterocycles. The van der Waals surface area contributed by atoms with Gasteiger partial charge in [-0.2, -0.15) is 0 Å². The van der Waals surface area contributed by atoms with E-state index < -0.39 is 0 Å². The van der Waals surface area contributed by atoms with E-state index in [1.54, 1.807) is 24.4 Å². The van der Waals surface area contributed by atoms with E-state index in [2.05, 4.69) is 15.6 Å². The summed E-state index contributed by atoms with van der Waals surface area (Å²) >= 11 is 6.03. The molecule has 3 rings (SSSR count). The smallest absolute Gasteiger partial charge is 0.257 e. The minimum atomic E-state index is -0.282. The van der Waals surface area contributed by atoms with E-state index in [1.165, 1.54) is 13.1 Å². The van der Waals surface area contributed by atoms with Crippen LogP contribution in [0.25, 0.3) is 10.8 Å². The molecule has 0 unspecified atom stereocenters. The number of nitrogens with zero attached hydrogens (tertiary/aromatic N) is 1. The molecule has 2 N–H and O–H groups in total. The van der Waals surface area contributed by atoms with Gasteiger partial charge in [-0.3, -0.25) is 14.6 Å². The fraction of sp³-hybridized carbons (Fsp3) is 0.0556. The highest BCUT2D eigenvalue weighted by Crippen LogP contribution is 2.26. The van der Waals surface area contributed by atoms with Crippen molar-refractivity contribution in [3.63, 3.8) is 0 Å². The number of carbonyl (C=O) groups is 2. The van der Waals surface area contributed by atoms with Gasteiger partial charge in [0.1, 0.15) is 0 Å². The number of benzene rings is 2. The molecule has 2 aromatic carbocycles. The van der Waals surface area contributed by atoms with Crippen molar-refractivity contribution >= 4 is 45.6 Å². The molecule has 0 saturated carbocycles. The van der Waals surface area contributed by atoms with Crippen molar-refractivity contribution in [1.82, 2.24) is 4.98 Å². The molecule has 2 amide bonds. The van der Waals surface area contributed by atoms with Crippen molar-refractivity contribution in [2.75, 3.05) is 10.6 Å². The average molecular weight is 340 g/mol. The van der Waals surface area contributed by atoms with Gasteiger partial charge in [-0.1, -0.05) is 35.9 Å². The van der Waals surface area contributed by atoms with E-state index >= 15 is 0 Å². The Morgan fingerprint density at radius 3 is 2.62 bits per heavy atom. The number of hydrogen-bond donors (Lipinski definition) is 2. The number of nitrogens with one attached hydrogen (secondary N) is 2. The molecular weight excluding hydrogens is 326 g/mol. The van der Waals surface area contributed by atoms with Crippen molar-refractivity contribution < 1.29 is 9.59 Å². The average Bonchev–Trinajstić information content (AvgIpc) is 2.57. The molecule has 0 saturated heterocycles. The minimum Gasteiger partial charge on any atom is -0.325 e. The third-order valence-electron chi connectivity index (χ3n) is 3.45. The molecule has 1 heterocycles. The van der Waals surface area contributed by atoms with Crippen LogP contribution in [0, 0.1) is 0 Å². The van der Waals surface area contributed by atoms with Crippen LogP contribution in [0.4, 0.5) is 11.4 Å². The van der Waals surface area contributed by atoms with Crippen LogP contribution in [-0.2, 0) is 4.79 Å². The molecule has 3 aromatic rings. The molecule has 0 aliphatic rings. The summed E-state index contributed by atoms with van der Waals surface area (Å²) in [5.41, 5.74) is 1.45. The SMILES string of the molecule is CC(=O)Nc1cc(NC(=O)c2cncc3ccccc23)ccc1Cl. The molecule has 0 aliphatic carbocycles. The van der Waals surface area contributed by atoms with E-state index in [0.717, 1.165) is 10.8 Å². The lowest BCUT2D eigenvalue weighted by molar-refractivity contribution is -0.114. The van der Waals surface area contributed by atoms with Gasteiger partial charge in [0.05, 0.1) is 16.3 Å². The molecule has 0 bridgehead atoms. The molecule has 0 spiro atoms. The van der Waals surface area contributed by atoms with Crippen molar-refractivity contribution in [2.45, 2.75) is 6.92 Å². The highest BCUT2D eigenvalue weighted by atomic mass is 35.5. The Balaban J connectivity index is 1.90. The lowest BCUT2D eigenvalue weighted by atomic mass is 10.1. The molecule has 24 heavy (non-hydrogen) atoms. The van der Waals surface area contributed by atoms with Crippen LogP contribution in [0.5, 0.6) is 0 Å². The predicted octanol–water partition coefficient (Wildman–Crippen LogP) is 4.10. The number of hydrogen-bond acceptors (Lipinski definition) is 3. The molecule has 0 aliphatic heterocycles. The highest BCUT2D eigenvalue weighted by molar-refractivity contribution is 6.33. The van der Waals surface area contributed by atoms with E-state index in [9.17, 15) is 9.59 Å². The maximum Gasteiger partial charge on any atom is 0.257 e. The molecule has 5 nitrogen and oxygen atoms in total. The standard InChI is InChI=1S/C18H14ClN3O2/c1-11(23)21-17-8-13(6-7-16(17)19)22-18(24)15-10-20-9-12-4-2-3-5-14(12)15/h2-10H,1H3,(H,21,23)(H,22,24). The second-order valence-corrected chi connectivity index (χ2v) is 5.65. The van der Waals surface area contributed by atoms with Crippen LogP contribution < -0.4 is 10.6 Å². The molecule has 0 fully saturated rings. The van der Waals surface area contributed by atoms with Gasteiger partial charge in [0.2, 0.25) is 5.91 Å². The van der Waals surface area contributed by atoms with Gasteiger partial charge in [0, 0.05) is 30.4 Å². The lowest BCUT2D eigenvalue weighted by Gasteiger charge is -2.10. The summed E-state index contributed by atoms with van der Waals surface area (Å²) in [5.74, 6) is -0.519. The predicted molar refractivity (Wildman–Crippen MR) is 95.5 cm³/mol. The number of rotatable bonds is 3. The van der Waals surface area contributed by atoms with Gasteiger partial charge in [0.15, 0.2) is 0 Å². The summed E-state index contributed by atoms with van der Waals surface area (Å²) in [7, 11) is 0. The quantitative estimate of drug-likeness (QED) is 0.754. The van der Waals surface area contributed by atoms with Gasteiger partial charge in [-0.25, -0.2) is 0 Å². The normalized spacial score (nSPS) is 10.4. The summed E-state index contributed by atoms with van der Waals surface area (Å²) in [6.07, 6.45) is 3.24. The first kappa shape index (κ1) is 16.0. The fourth-order valence-electron chi connectivity index (χ4n) is 2.38. The third kappa shape index (κ3) is 3.36. The minimum absolute atomic E-state index is 0.237. The van der Waals surface area contributed by atoms with Crippen LogP contribution in [-0.4, -0.2) is 16.8 Å². The van der Waals surface area contributed by atoms with Crippen molar-refractivity contribution in [2.24, 2.45) is 0 Å². The number of halogens is 1. The summed E-state index contributed by atoms with van der Waals surface area (Å²) in [4.78, 5) is 27.9. The van der Waals surface area contributed by atoms with Crippen LogP contribution in [0.15, 0.2) is 54.9 Å². The Morgan fingerprint density at radius 2 is 1.83 bits per heavy atom. The summed E-state index contributed by atoms with van der Waals surface area (Å²) in [5, 5.41) is 7.53. The number of aromatic nitrogens is 1. The Kier molecular flexibility index (Phi) is 4.44. The largest absolute Gasteiger partial charge is 0.325 e. The number of amides is 2. The molecule has 6 heteroatoms. The molecule has 0 atom stereocenters. The monoisotopic (exact) mass is 339 g/mol. The topological polar surface area (TPSA) is 71.1 Å². The van der Waals surface area contributed by atoms with Gasteiger partial charge >= 0.3 is 0 Å². The molecule has 120 valence electrons. The number of fused-ring (bicyclic) bond motifs is 1. The first-order valence-corrected chi connectivity index (χ1v) is 7.63. The summed E-state index contributed by atoms with van der Waals surface area (Å²) in [6, 6.07) is 12.4. The second-order valence-electron chi connectivity index (χ2n) is 5.24. The van der Waals surface area contributed by atoms with Gasteiger partial charge in [-0.05, 0) is 23.6 Å². The van der Waals surface area contributed by atoms with Gasteiger partial charge in [0.25, 0.3) is 5.91 Å². The first-order valence-electron chi connectivity index (χ1n) is 7.26. The Bertz CT molecular complexity index is 935. The van der Waals surface area contributed by atoms with E-state index in [-0.39, 0.29) is 11.8 Å². The molecular formula is C18H14ClN3O2. The number of pyridine rings is 1. The van der Waals surface area contributed by atoms with Crippen LogP contribution in [0.2, 0.25) is 5.02 Å². The summed E-state index contributed by atoms with van der Waals surface area (Å²) < 4.78 is 0. The van der Waals surface area contributed by atoms with Crippen LogP contribution in [0.3, 0.4) is 0 Å². The van der Waals surface area contributed by atoms with Crippen molar-refractivity contribution in [3.8, 4) is 0 Å². The van der Waals surface area contributed by atoms with Crippen LogP contribution >= 0.6 is 11.6 Å². The summed E-state index contributed by atoms with van der Waals surface area (Å²) in [6.45, 7) is 1.39. The van der Waals surface area contributed by atoms with E-state index in [0.29, 0.717) is 22.0 Å². The number of carbonyl (C=O) groups excluding carboxylic acids is 2. The molecule has 0 radical (unpaired) electrons. The fourth-order valence-corrected chi connectivity index (χ4v) is 2.55. The van der Waals surface area contributed by atoms with Crippen LogP contribution in [0.1, 0.15) is 17.3 Å².